The number of hydrogen-bond acceptors (Lipinski definition) is 2. The van der Waals surface area contributed by atoms with Gasteiger partial charge in [0.05, 0.1) is 5.02 Å². The number of rotatable bonds is 1. The Morgan fingerprint density at radius 2 is 2.33 bits per heavy atom. The topological polar surface area (TPSA) is 29.1 Å². The minimum absolute atomic E-state index is 0.526. The van der Waals surface area contributed by atoms with Gasteiger partial charge in [-0.05, 0) is 24.1 Å². The van der Waals surface area contributed by atoms with E-state index in [9.17, 15) is 4.79 Å². The van der Waals surface area contributed by atoms with Crippen molar-refractivity contribution >= 4 is 23.6 Å². The van der Waals surface area contributed by atoms with Gasteiger partial charge in [-0.15, -0.1) is 0 Å². The van der Waals surface area contributed by atoms with E-state index >= 15 is 0 Å². The largest absolute Gasteiger partial charge is 0.384 e. The van der Waals surface area contributed by atoms with Gasteiger partial charge in [0.1, 0.15) is 0 Å². The summed E-state index contributed by atoms with van der Waals surface area (Å²) in [5.74, 6) is 0. The van der Waals surface area contributed by atoms with E-state index < -0.39 is 0 Å². The van der Waals surface area contributed by atoms with Crippen molar-refractivity contribution in [1.29, 1.82) is 0 Å². The van der Waals surface area contributed by atoms with Crippen molar-refractivity contribution in [3.8, 4) is 0 Å². The maximum Gasteiger partial charge on any atom is 0.151 e. The Bertz CT molecular complexity index is 336. The summed E-state index contributed by atoms with van der Waals surface area (Å²) in [5.41, 5.74) is 2.83. The fraction of sp³-hybridized carbons (Fsp3) is 0.222. The van der Waals surface area contributed by atoms with E-state index in [1.165, 1.54) is 5.56 Å². The average Bonchev–Trinajstić information content (AvgIpc) is 2.49. The molecule has 12 heavy (non-hydrogen) atoms. The Morgan fingerprint density at radius 3 is 3.08 bits per heavy atom. The lowest BCUT2D eigenvalue weighted by Gasteiger charge is -2.01. The van der Waals surface area contributed by atoms with Crippen LogP contribution >= 0.6 is 11.6 Å². The second-order valence-electron chi connectivity index (χ2n) is 2.83. The summed E-state index contributed by atoms with van der Waals surface area (Å²) >= 11 is 5.84. The maximum absolute atomic E-state index is 10.5. The van der Waals surface area contributed by atoms with Gasteiger partial charge in [0.25, 0.3) is 0 Å². The summed E-state index contributed by atoms with van der Waals surface area (Å²) in [7, 11) is 0. The number of aldehydes is 1. The molecule has 0 atom stereocenters. The molecule has 0 saturated heterocycles. The van der Waals surface area contributed by atoms with Gasteiger partial charge >= 0.3 is 0 Å². The molecule has 0 fully saturated rings. The molecule has 0 unspecified atom stereocenters. The standard InChI is InChI=1S/C9H8ClNO/c10-8-4-9-6(1-2-11-9)3-7(8)5-12/h3-5,11H,1-2H2. The number of anilines is 1. The minimum atomic E-state index is 0.526. The number of hydrogen-bond donors (Lipinski definition) is 1. The molecule has 0 aliphatic carbocycles. The van der Waals surface area contributed by atoms with E-state index in [1.807, 2.05) is 12.1 Å². The van der Waals surface area contributed by atoms with Crippen molar-refractivity contribution in [3.05, 3.63) is 28.3 Å². The molecular weight excluding hydrogens is 174 g/mol. The quantitative estimate of drug-likeness (QED) is 0.673. The molecular formula is C9H8ClNO. The molecule has 0 saturated carbocycles. The SMILES string of the molecule is O=Cc1cc2c(cc1Cl)NCC2. The van der Waals surface area contributed by atoms with Crippen LogP contribution in [0.5, 0.6) is 0 Å². The molecule has 1 aliphatic heterocycles. The van der Waals surface area contributed by atoms with Gasteiger partial charge in [0, 0.05) is 17.8 Å². The van der Waals surface area contributed by atoms with Crippen molar-refractivity contribution in [1.82, 2.24) is 0 Å². The summed E-state index contributed by atoms with van der Waals surface area (Å²) in [6, 6.07) is 3.66. The van der Waals surface area contributed by atoms with Crippen LogP contribution in [0.2, 0.25) is 5.02 Å². The van der Waals surface area contributed by atoms with Crippen LogP contribution in [0.25, 0.3) is 0 Å². The molecule has 0 bridgehead atoms. The lowest BCUT2D eigenvalue weighted by atomic mass is 10.1. The van der Waals surface area contributed by atoms with Crippen LogP contribution in [-0.2, 0) is 6.42 Å². The molecule has 0 aromatic heterocycles. The zero-order chi connectivity index (χ0) is 8.55. The molecule has 2 rings (SSSR count). The number of fused-ring (bicyclic) bond motifs is 1. The highest BCUT2D eigenvalue weighted by Gasteiger charge is 2.12. The second-order valence-corrected chi connectivity index (χ2v) is 3.23. The second kappa shape index (κ2) is 2.79. The Labute approximate surface area is 75.5 Å². The first-order valence-electron chi connectivity index (χ1n) is 3.83. The fourth-order valence-electron chi connectivity index (χ4n) is 1.43. The molecule has 0 amide bonds. The molecule has 0 radical (unpaired) electrons. The van der Waals surface area contributed by atoms with E-state index in [-0.39, 0.29) is 0 Å². The van der Waals surface area contributed by atoms with E-state index in [0.717, 1.165) is 24.9 Å². The molecule has 1 heterocycles. The summed E-state index contributed by atoms with van der Waals surface area (Å²) < 4.78 is 0. The normalized spacial score (nSPS) is 13.8. The number of carbonyl (C=O) groups excluding carboxylic acids is 1. The van der Waals surface area contributed by atoms with Crippen molar-refractivity contribution in [3.63, 3.8) is 0 Å². The minimum Gasteiger partial charge on any atom is -0.384 e. The molecule has 62 valence electrons. The number of halogens is 1. The molecule has 1 N–H and O–H groups in total. The monoisotopic (exact) mass is 181 g/mol. The van der Waals surface area contributed by atoms with Gasteiger partial charge in [-0.3, -0.25) is 4.79 Å². The third-order valence-electron chi connectivity index (χ3n) is 2.06. The van der Waals surface area contributed by atoms with Crippen LogP contribution in [0.4, 0.5) is 5.69 Å². The van der Waals surface area contributed by atoms with Crippen molar-refractivity contribution < 1.29 is 4.79 Å². The van der Waals surface area contributed by atoms with Crippen LogP contribution < -0.4 is 5.32 Å². The van der Waals surface area contributed by atoms with Gasteiger partial charge in [0.15, 0.2) is 6.29 Å². The number of nitrogens with one attached hydrogen (secondary N) is 1. The van der Waals surface area contributed by atoms with Gasteiger partial charge < -0.3 is 5.32 Å². The summed E-state index contributed by atoms with van der Waals surface area (Å²) in [4.78, 5) is 10.5. The number of benzene rings is 1. The zero-order valence-electron chi connectivity index (χ0n) is 6.43. The third kappa shape index (κ3) is 1.08. The van der Waals surface area contributed by atoms with Crippen molar-refractivity contribution in [2.75, 3.05) is 11.9 Å². The molecule has 2 nitrogen and oxygen atoms in total. The van der Waals surface area contributed by atoms with Gasteiger partial charge in [-0.2, -0.15) is 0 Å². The van der Waals surface area contributed by atoms with E-state index in [2.05, 4.69) is 5.32 Å². The number of carbonyl (C=O) groups is 1. The summed E-state index contributed by atoms with van der Waals surface area (Å²) in [6.45, 7) is 0.938. The Balaban J connectivity index is 2.56. The smallest absolute Gasteiger partial charge is 0.151 e. The summed E-state index contributed by atoms with van der Waals surface area (Å²) in [6.07, 6.45) is 1.77. The molecule has 1 aliphatic rings. The summed E-state index contributed by atoms with van der Waals surface area (Å²) in [5, 5.41) is 3.72. The first kappa shape index (κ1) is 7.62. The lowest BCUT2D eigenvalue weighted by Crippen LogP contribution is -1.90. The van der Waals surface area contributed by atoms with Crippen molar-refractivity contribution in [2.45, 2.75) is 6.42 Å². The van der Waals surface area contributed by atoms with E-state index in [0.29, 0.717) is 10.6 Å². The van der Waals surface area contributed by atoms with Crippen LogP contribution in [-0.4, -0.2) is 12.8 Å². The highest BCUT2D eigenvalue weighted by atomic mass is 35.5. The Hall–Kier alpha value is -1.02. The first-order chi connectivity index (χ1) is 5.81. The highest BCUT2D eigenvalue weighted by molar-refractivity contribution is 6.33. The molecule has 1 aromatic carbocycles. The Morgan fingerprint density at radius 1 is 1.50 bits per heavy atom. The van der Waals surface area contributed by atoms with Gasteiger partial charge in [-0.1, -0.05) is 11.6 Å². The predicted octanol–water partition coefficient (Wildman–Crippen LogP) is 2.12. The molecule has 1 aromatic rings. The van der Waals surface area contributed by atoms with Crippen LogP contribution in [0, 0.1) is 0 Å². The van der Waals surface area contributed by atoms with E-state index in [1.54, 1.807) is 0 Å². The van der Waals surface area contributed by atoms with Crippen molar-refractivity contribution in [2.24, 2.45) is 0 Å². The zero-order valence-corrected chi connectivity index (χ0v) is 7.19. The third-order valence-corrected chi connectivity index (χ3v) is 2.39. The first-order valence-corrected chi connectivity index (χ1v) is 4.20. The van der Waals surface area contributed by atoms with Gasteiger partial charge in [0.2, 0.25) is 0 Å². The molecule has 3 heteroatoms. The van der Waals surface area contributed by atoms with Gasteiger partial charge in [-0.25, -0.2) is 0 Å². The lowest BCUT2D eigenvalue weighted by molar-refractivity contribution is 0.112. The van der Waals surface area contributed by atoms with Crippen LogP contribution in [0.1, 0.15) is 15.9 Å². The van der Waals surface area contributed by atoms with Crippen LogP contribution in [0.15, 0.2) is 12.1 Å². The van der Waals surface area contributed by atoms with Crippen LogP contribution in [0.3, 0.4) is 0 Å². The van der Waals surface area contributed by atoms with E-state index in [4.69, 9.17) is 11.6 Å². The fourth-order valence-corrected chi connectivity index (χ4v) is 1.64. The highest BCUT2D eigenvalue weighted by Crippen LogP contribution is 2.28. The average molecular weight is 182 g/mol. The Kier molecular flexibility index (Phi) is 1.77. The predicted molar refractivity (Wildman–Crippen MR) is 49.0 cm³/mol. The maximum atomic E-state index is 10.5. The molecule has 0 spiro atoms.